The lowest BCUT2D eigenvalue weighted by atomic mass is 9.92. The Kier molecular flexibility index (Phi) is 5.08. The number of aliphatic carboxylic acids is 1. The van der Waals surface area contributed by atoms with E-state index in [1.54, 1.807) is 6.20 Å². The minimum Gasteiger partial charge on any atom is -0.481 e. The van der Waals surface area contributed by atoms with Gasteiger partial charge in [0.15, 0.2) is 0 Å². The zero-order chi connectivity index (χ0) is 18.0. The lowest BCUT2D eigenvalue weighted by molar-refractivity contribution is -0.143. The fraction of sp³-hybridized carbons (Fsp3) is 0.368. The van der Waals surface area contributed by atoms with Crippen molar-refractivity contribution in [2.75, 3.05) is 13.1 Å². The molecule has 1 fully saturated rings. The molecule has 1 atom stereocenters. The van der Waals surface area contributed by atoms with Gasteiger partial charge in [0, 0.05) is 17.8 Å². The molecule has 2 heterocycles. The second kappa shape index (κ2) is 7.27. The molecule has 1 unspecified atom stereocenters. The Labute approximate surface area is 145 Å². The van der Waals surface area contributed by atoms with Gasteiger partial charge in [0.1, 0.15) is 11.6 Å². The topological polar surface area (TPSA) is 53.4 Å². The molecule has 0 saturated carbocycles. The van der Waals surface area contributed by atoms with Crippen LogP contribution in [0.25, 0.3) is 0 Å². The van der Waals surface area contributed by atoms with Crippen molar-refractivity contribution in [3.05, 3.63) is 65.0 Å². The first-order chi connectivity index (χ1) is 12.0. The molecule has 1 aliphatic heterocycles. The molecule has 0 radical (unpaired) electrons. The van der Waals surface area contributed by atoms with Crippen molar-refractivity contribution < 1.29 is 18.7 Å². The first kappa shape index (κ1) is 17.5. The second-order valence-corrected chi connectivity index (χ2v) is 6.48. The van der Waals surface area contributed by atoms with E-state index in [0.717, 1.165) is 11.6 Å². The maximum atomic E-state index is 14.4. The van der Waals surface area contributed by atoms with Crippen LogP contribution in [0.4, 0.5) is 8.78 Å². The third-order valence-electron chi connectivity index (χ3n) is 4.72. The molecule has 0 bridgehead atoms. The largest absolute Gasteiger partial charge is 0.481 e. The fourth-order valence-corrected chi connectivity index (χ4v) is 3.31. The summed E-state index contributed by atoms with van der Waals surface area (Å²) in [5, 5.41) is 9.17. The molecular weight excluding hydrogens is 326 g/mol. The Bertz CT molecular complexity index is 757. The highest BCUT2D eigenvalue weighted by atomic mass is 19.1. The number of carbonyl (C=O) groups is 1. The van der Waals surface area contributed by atoms with Crippen molar-refractivity contribution >= 4 is 5.97 Å². The summed E-state index contributed by atoms with van der Waals surface area (Å²) in [7, 11) is 0. The van der Waals surface area contributed by atoms with Crippen LogP contribution in [0.1, 0.15) is 35.7 Å². The van der Waals surface area contributed by atoms with Gasteiger partial charge in [-0.3, -0.25) is 14.7 Å². The van der Waals surface area contributed by atoms with Crippen LogP contribution in [0.2, 0.25) is 0 Å². The average molecular weight is 346 g/mol. The van der Waals surface area contributed by atoms with Gasteiger partial charge in [-0.25, -0.2) is 8.78 Å². The Morgan fingerprint density at radius 2 is 1.96 bits per heavy atom. The van der Waals surface area contributed by atoms with Gasteiger partial charge in [0.25, 0.3) is 0 Å². The molecular formula is C19H20F2N2O2. The van der Waals surface area contributed by atoms with Gasteiger partial charge in [-0.2, -0.15) is 0 Å². The number of nitrogens with zero attached hydrogens (tertiary/aromatic N) is 2. The van der Waals surface area contributed by atoms with Gasteiger partial charge in [-0.15, -0.1) is 0 Å². The second-order valence-electron chi connectivity index (χ2n) is 6.48. The Morgan fingerprint density at radius 3 is 2.52 bits per heavy atom. The van der Waals surface area contributed by atoms with Crippen LogP contribution >= 0.6 is 0 Å². The van der Waals surface area contributed by atoms with Crippen LogP contribution in [0, 0.1) is 24.5 Å². The summed E-state index contributed by atoms with van der Waals surface area (Å²) in [4.78, 5) is 17.6. The van der Waals surface area contributed by atoms with E-state index >= 15 is 0 Å². The smallest absolute Gasteiger partial charge is 0.306 e. The standard InChI is InChI=1S/C19H20F2N2O2/c1-12-2-5-17(22-11-12)18(15-4-3-14(20)10-16(15)21)23-8-6-13(7-9-23)19(24)25/h2-5,10-11,13,18H,6-9H2,1H3,(H,24,25). The predicted molar refractivity (Wildman–Crippen MR) is 89.1 cm³/mol. The number of aryl methyl sites for hydroxylation is 1. The average Bonchev–Trinajstić information content (AvgIpc) is 2.59. The highest BCUT2D eigenvalue weighted by Crippen LogP contribution is 2.33. The van der Waals surface area contributed by atoms with Crippen molar-refractivity contribution in [3.8, 4) is 0 Å². The van der Waals surface area contributed by atoms with Gasteiger partial charge in [0.05, 0.1) is 17.7 Å². The first-order valence-corrected chi connectivity index (χ1v) is 8.30. The third-order valence-corrected chi connectivity index (χ3v) is 4.72. The third kappa shape index (κ3) is 3.85. The summed E-state index contributed by atoms with van der Waals surface area (Å²) in [6, 6.07) is 6.84. The SMILES string of the molecule is Cc1ccc(C(c2ccc(F)cc2F)N2CCC(C(=O)O)CC2)nc1. The number of pyridine rings is 1. The van der Waals surface area contributed by atoms with E-state index in [1.807, 2.05) is 24.0 Å². The molecule has 1 saturated heterocycles. The number of hydrogen-bond donors (Lipinski definition) is 1. The maximum Gasteiger partial charge on any atom is 0.306 e. The number of benzene rings is 1. The van der Waals surface area contributed by atoms with Crippen molar-refractivity contribution in [2.45, 2.75) is 25.8 Å². The molecule has 6 heteroatoms. The van der Waals surface area contributed by atoms with E-state index in [-0.39, 0.29) is 5.92 Å². The Balaban J connectivity index is 1.95. The Morgan fingerprint density at radius 1 is 1.24 bits per heavy atom. The van der Waals surface area contributed by atoms with Crippen LogP contribution in [0.3, 0.4) is 0 Å². The fourth-order valence-electron chi connectivity index (χ4n) is 3.31. The summed E-state index contributed by atoms with van der Waals surface area (Å²) in [6.07, 6.45) is 2.72. The molecule has 1 aliphatic rings. The van der Waals surface area contributed by atoms with Crippen LogP contribution in [-0.2, 0) is 4.79 Å². The molecule has 0 amide bonds. The number of likely N-dealkylation sites (tertiary alicyclic amines) is 1. The van der Waals surface area contributed by atoms with Gasteiger partial charge in [-0.05, 0) is 50.6 Å². The minimum absolute atomic E-state index is 0.353. The molecule has 1 N–H and O–H groups in total. The van der Waals surface area contributed by atoms with Crippen molar-refractivity contribution in [1.29, 1.82) is 0 Å². The highest BCUT2D eigenvalue weighted by Gasteiger charge is 2.32. The molecule has 132 valence electrons. The van der Waals surface area contributed by atoms with E-state index < -0.39 is 23.6 Å². The minimum atomic E-state index is -0.794. The van der Waals surface area contributed by atoms with E-state index in [1.165, 1.54) is 12.1 Å². The highest BCUT2D eigenvalue weighted by molar-refractivity contribution is 5.70. The number of piperidine rings is 1. The van der Waals surface area contributed by atoms with Gasteiger partial charge < -0.3 is 5.11 Å². The van der Waals surface area contributed by atoms with Crippen molar-refractivity contribution in [1.82, 2.24) is 9.88 Å². The van der Waals surface area contributed by atoms with Crippen molar-refractivity contribution in [3.63, 3.8) is 0 Å². The molecule has 3 rings (SSSR count). The summed E-state index contributed by atoms with van der Waals surface area (Å²) >= 11 is 0. The number of halogens is 2. The number of carboxylic acid groups (broad SMARTS) is 1. The molecule has 4 nitrogen and oxygen atoms in total. The Hall–Kier alpha value is -2.34. The van der Waals surface area contributed by atoms with Gasteiger partial charge in [-0.1, -0.05) is 12.1 Å². The number of rotatable bonds is 4. The zero-order valence-corrected chi connectivity index (χ0v) is 14.0. The lowest BCUT2D eigenvalue weighted by Crippen LogP contribution is -2.39. The predicted octanol–water partition coefficient (Wildman–Crippen LogP) is 3.55. The van der Waals surface area contributed by atoms with E-state index in [0.29, 0.717) is 37.2 Å². The van der Waals surface area contributed by atoms with Gasteiger partial charge >= 0.3 is 5.97 Å². The molecule has 0 aliphatic carbocycles. The van der Waals surface area contributed by atoms with Gasteiger partial charge in [0.2, 0.25) is 0 Å². The summed E-state index contributed by atoms with van der Waals surface area (Å²) in [5.41, 5.74) is 2.02. The molecule has 1 aromatic carbocycles. The quantitative estimate of drug-likeness (QED) is 0.920. The van der Waals surface area contributed by atoms with Crippen LogP contribution in [0.15, 0.2) is 36.5 Å². The van der Waals surface area contributed by atoms with Crippen molar-refractivity contribution in [2.24, 2.45) is 5.92 Å². The number of aromatic nitrogens is 1. The van der Waals surface area contributed by atoms with E-state index in [9.17, 15) is 13.6 Å². The monoisotopic (exact) mass is 346 g/mol. The molecule has 0 spiro atoms. The summed E-state index contributed by atoms with van der Waals surface area (Å²) < 4.78 is 27.8. The lowest BCUT2D eigenvalue weighted by Gasteiger charge is -2.36. The van der Waals surface area contributed by atoms with E-state index in [2.05, 4.69) is 4.98 Å². The van der Waals surface area contributed by atoms with Crippen LogP contribution < -0.4 is 0 Å². The normalized spacial score (nSPS) is 17.4. The summed E-state index contributed by atoms with van der Waals surface area (Å²) in [5.74, 6) is -2.41. The zero-order valence-electron chi connectivity index (χ0n) is 14.0. The maximum absolute atomic E-state index is 14.4. The first-order valence-electron chi connectivity index (χ1n) is 8.30. The van der Waals surface area contributed by atoms with E-state index in [4.69, 9.17) is 5.11 Å². The van der Waals surface area contributed by atoms with Crippen LogP contribution in [0.5, 0.6) is 0 Å². The molecule has 25 heavy (non-hydrogen) atoms. The summed E-state index contributed by atoms with van der Waals surface area (Å²) in [6.45, 7) is 2.96. The molecule has 2 aromatic rings. The molecule has 1 aromatic heterocycles. The number of hydrogen-bond acceptors (Lipinski definition) is 3. The number of carboxylic acids is 1. The van der Waals surface area contributed by atoms with Crippen LogP contribution in [-0.4, -0.2) is 34.0 Å².